The Morgan fingerprint density at radius 3 is 1.50 bits per heavy atom. The molecule has 3 aliphatic carbocycles. The molecule has 3 rings (SSSR count). The van der Waals surface area contributed by atoms with Gasteiger partial charge < -0.3 is 0 Å². The third kappa shape index (κ3) is 0.166. The summed E-state index contributed by atoms with van der Waals surface area (Å²) in [6.45, 7) is 7.42. The molecule has 8 heavy (non-hydrogen) atoms. The predicted molar refractivity (Wildman–Crippen MR) is 30.3 cm³/mol. The lowest BCUT2D eigenvalue weighted by atomic mass is 9.48. The highest BCUT2D eigenvalue weighted by molar-refractivity contribution is 6.10. The van der Waals surface area contributed by atoms with Crippen molar-refractivity contribution in [3.8, 4) is 0 Å². The molecule has 40 valence electrons. The van der Waals surface area contributed by atoms with E-state index >= 15 is 0 Å². The van der Waals surface area contributed by atoms with Crippen molar-refractivity contribution in [2.75, 3.05) is 0 Å². The van der Waals surface area contributed by atoms with Gasteiger partial charge in [-0.25, -0.2) is 0 Å². The molecule has 0 N–H and O–H groups in total. The Morgan fingerprint density at radius 2 is 1.50 bits per heavy atom. The fraction of sp³-hybridized carbons (Fsp3) is 0.286. The Kier molecular flexibility index (Phi) is 0.415. The topological polar surface area (TPSA) is 17.1 Å². The van der Waals surface area contributed by atoms with Crippen molar-refractivity contribution >= 4 is 5.78 Å². The van der Waals surface area contributed by atoms with E-state index < -0.39 is 0 Å². The van der Waals surface area contributed by atoms with Crippen LogP contribution in [0.5, 0.6) is 0 Å². The van der Waals surface area contributed by atoms with E-state index in [9.17, 15) is 4.79 Å². The molecular formula is C7H6O. The molecule has 0 saturated heterocycles. The van der Waals surface area contributed by atoms with E-state index in [1.807, 2.05) is 0 Å². The average molecular weight is 106 g/mol. The summed E-state index contributed by atoms with van der Waals surface area (Å²) >= 11 is 0. The summed E-state index contributed by atoms with van der Waals surface area (Å²) in [6, 6.07) is 0. The molecule has 1 nitrogen and oxygen atoms in total. The van der Waals surface area contributed by atoms with Gasteiger partial charge in [-0.1, -0.05) is 13.2 Å². The van der Waals surface area contributed by atoms with E-state index in [1.165, 1.54) is 0 Å². The van der Waals surface area contributed by atoms with Crippen LogP contribution in [0.4, 0.5) is 0 Å². The van der Waals surface area contributed by atoms with Crippen LogP contribution in [-0.2, 0) is 4.79 Å². The largest absolute Gasteiger partial charge is 0.298 e. The summed E-state index contributed by atoms with van der Waals surface area (Å²) < 4.78 is 0. The minimum atomic E-state index is 0.0833. The number of Topliss-reactive ketones (excluding diaryl/α,β-unsaturated/α-hetero) is 1. The average Bonchev–Trinajstić information content (AvgIpc) is 1.66. The van der Waals surface area contributed by atoms with Gasteiger partial charge in [-0.15, -0.1) is 0 Å². The van der Waals surface area contributed by atoms with E-state index in [-0.39, 0.29) is 11.8 Å². The maximum Gasteiger partial charge on any atom is 0.155 e. The first-order chi connectivity index (χ1) is 3.73. The second kappa shape index (κ2) is 0.815. The summed E-state index contributed by atoms with van der Waals surface area (Å²) in [5, 5.41) is 0. The number of carbonyl (C=O) groups excluding carboxylic acids is 1. The number of carbonyl (C=O) groups is 1. The number of rotatable bonds is 0. The van der Waals surface area contributed by atoms with Crippen molar-refractivity contribution in [1.29, 1.82) is 0 Å². The maximum atomic E-state index is 10.6. The quantitative estimate of drug-likeness (QED) is 0.420. The molecule has 0 aromatic carbocycles. The molecule has 2 bridgehead atoms. The number of hydrogen-bond donors (Lipinski definition) is 0. The predicted octanol–water partition coefficient (Wildman–Crippen LogP) is 0.927. The molecular weight excluding hydrogens is 100 g/mol. The van der Waals surface area contributed by atoms with Crippen molar-refractivity contribution in [1.82, 2.24) is 0 Å². The Morgan fingerprint density at radius 1 is 1.12 bits per heavy atom. The lowest BCUT2D eigenvalue weighted by molar-refractivity contribution is -0.133. The third-order valence-electron chi connectivity index (χ3n) is 2.05. The highest BCUT2D eigenvalue weighted by Crippen LogP contribution is 2.57. The third-order valence-corrected chi connectivity index (χ3v) is 2.05. The van der Waals surface area contributed by atoms with Crippen LogP contribution in [0, 0.1) is 11.8 Å². The van der Waals surface area contributed by atoms with Gasteiger partial charge in [0.05, 0.1) is 11.8 Å². The minimum Gasteiger partial charge on any atom is -0.298 e. The molecule has 1 heteroatoms. The van der Waals surface area contributed by atoms with Gasteiger partial charge in [-0.05, 0) is 11.1 Å². The first-order valence-electron chi connectivity index (χ1n) is 2.64. The summed E-state index contributed by atoms with van der Waals surface area (Å²) in [5.41, 5.74) is 2.17. The van der Waals surface area contributed by atoms with Crippen LogP contribution in [0.1, 0.15) is 0 Å². The maximum absolute atomic E-state index is 10.6. The highest BCUT2D eigenvalue weighted by Gasteiger charge is 2.59. The van der Waals surface area contributed by atoms with E-state index in [2.05, 4.69) is 13.2 Å². The van der Waals surface area contributed by atoms with Crippen LogP contribution in [-0.4, -0.2) is 5.78 Å². The molecule has 3 fully saturated rings. The van der Waals surface area contributed by atoms with Gasteiger partial charge in [-0.2, -0.15) is 0 Å². The molecule has 0 aromatic heterocycles. The van der Waals surface area contributed by atoms with Gasteiger partial charge in [0.1, 0.15) is 0 Å². The van der Waals surface area contributed by atoms with Gasteiger partial charge >= 0.3 is 0 Å². The smallest absolute Gasteiger partial charge is 0.155 e. The van der Waals surface area contributed by atoms with Gasteiger partial charge in [0.25, 0.3) is 0 Å². The zero-order valence-corrected chi connectivity index (χ0v) is 4.48. The Labute approximate surface area is 47.7 Å². The first-order valence-corrected chi connectivity index (χ1v) is 2.64. The zero-order valence-electron chi connectivity index (χ0n) is 4.48. The van der Waals surface area contributed by atoms with Crippen LogP contribution in [0.3, 0.4) is 0 Å². The molecule has 3 aliphatic rings. The highest BCUT2D eigenvalue weighted by atomic mass is 16.1. The van der Waals surface area contributed by atoms with Crippen molar-refractivity contribution < 1.29 is 4.79 Å². The van der Waals surface area contributed by atoms with Gasteiger partial charge in [0.2, 0.25) is 0 Å². The van der Waals surface area contributed by atoms with Crippen molar-refractivity contribution in [3.63, 3.8) is 0 Å². The fourth-order valence-corrected chi connectivity index (χ4v) is 1.42. The number of hydrogen-bond acceptors (Lipinski definition) is 1. The van der Waals surface area contributed by atoms with Crippen molar-refractivity contribution in [2.45, 2.75) is 0 Å². The molecule has 0 unspecified atom stereocenters. The van der Waals surface area contributed by atoms with E-state index in [1.54, 1.807) is 0 Å². The Bertz CT molecular complexity index is 156. The Hall–Kier alpha value is -0.850. The van der Waals surface area contributed by atoms with Gasteiger partial charge in [-0.3, -0.25) is 4.79 Å². The fourth-order valence-electron chi connectivity index (χ4n) is 1.42. The van der Waals surface area contributed by atoms with E-state index in [0.29, 0.717) is 5.78 Å². The summed E-state index contributed by atoms with van der Waals surface area (Å²) in [4.78, 5) is 10.6. The molecule has 0 amide bonds. The van der Waals surface area contributed by atoms with Crippen LogP contribution >= 0.6 is 0 Å². The standard InChI is InChI=1S/C7H6O/c1-3-5-4(2)6(3)7(5)8/h5-6H,1-2H2. The minimum absolute atomic E-state index is 0.0833. The first kappa shape index (κ1) is 4.07. The lowest BCUT2D eigenvalue weighted by Crippen LogP contribution is -2.55. The van der Waals surface area contributed by atoms with Gasteiger partial charge in [0.15, 0.2) is 5.78 Å². The second-order valence-electron chi connectivity index (χ2n) is 2.42. The van der Waals surface area contributed by atoms with Crippen molar-refractivity contribution in [3.05, 3.63) is 24.3 Å². The van der Waals surface area contributed by atoms with Crippen molar-refractivity contribution in [2.24, 2.45) is 11.8 Å². The zero-order chi connectivity index (χ0) is 5.89. The molecule has 0 heterocycles. The molecule has 0 aromatic rings. The number of ketones is 1. The van der Waals surface area contributed by atoms with E-state index in [0.717, 1.165) is 11.1 Å². The van der Waals surface area contributed by atoms with Gasteiger partial charge in [0, 0.05) is 0 Å². The SMILES string of the molecule is C=C1C2C(=C)C1C2=O. The molecule has 3 saturated carbocycles. The molecule has 0 aliphatic heterocycles. The second-order valence-corrected chi connectivity index (χ2v) is 2.42. The van der Waals surface area contributed by atoms with E-state index in [4.69, 9.17) is 0 Å². The van der Waals surface area contributed by atoms with Crippen LogP contribution in [0.25, 0.3) is 0 Å². The van der Waals surface area contributed by atoms with Crippen LogP contribution < -0.4 is 0 Å². The molecule has 0 atom stereocenters. The summed E-state index contributed by atoms with van der Waals surface area (Å²) in [6.07, 6.45) is 0. The number of allylic oxidation sites excluding steroid dienone is 2. The molecule has 0 spiro atoms. The molecule has 0 radical (unpaired) electrons. The lowest BCUT2D eigenvalue weighted by Gasteiger charge is -2.52. The van der Waals surface area contributed by atoms with Crippen LogP contribution in [0.2, 0.25) is 0 Å². The van der Waals surface area contributed by atoms with Crippen LogP contribution in [0.15, 0.2) is 24.3 Å². The normalized spacial score (nSPS) is 41.2. The summed E-state index contributed by atoms with van der Waals surface area (Å²) in [5.74, 6) is 0.500. The monoisotopic (exact) mass is 106 g/mol. The summed E-state index contributed by atoms with van der Waals surface area (Å²) in [7, 11) is 0. The Balaban J connectivity index is 2.42.